The van der Waals surface area contributed by atoms with Gasteiger partial charge in [0.15, 0.2) is 0 Å². The molecule has 0 saturated heterocycles. The summed E-state index contributed by atoms with van der Waals surface area (Å²) in [6.45, 7) is 0.769. The number of halogens is 1. The van der Waals surface area contributed by atoms with E-state index in [1.54, 1.807) is 12.3 Å². The smallest absolute Gasteiger partial charge is 0.135 e. The Morgan fingerprint density at radius 2 is 2.28 bits per heavy atom. The molecule has 1 saturated carbocycles. The average Bonchev–Trinajstić information content (AvgIpc) is 3.08. The Balaban J connectivity index is 1.61. The Morgan fingerprint density at radius 3 is 3.00 bits per heavy atom. The minimum absolute atomic E-state index is 0.507. The van der Waals surface area contributed by atoms with Crippen LogP contribution in [0.4, 0.5) is 5.82 Å². The number of anilines is 1. The van der Waals surface area contributed by atoms with Gasteiger partial charge in [0, 0.05) is 37.3 Å². The van der Waals surface area contributed by atoms with Crippen molar-refractivity contribution in [3.05, 3.63) is 35.3 Å². The standard InChI is InChI=1S/C12H14ClN5/c13-9-7-11(18-12(17-9)8-1-2-8)14-4-3-10-15-5-6-16-10/h5-8H,1-4H2,(H,15,16)(H,14,17,18). The summed E-state index contributed by atoms with van der Waals surface area (Å²) in [5.41, 5.74) is 0. The number of hydrogen-bond acceptors (Lipinski definition) is 4. The molecule has 0 amide bonds. The van der Waals surface area contributed by atoms with Crippen LogP contribution in [0.15, 0.2) is 18.5 Å². The molecule has 0 aromatic carbocycles. The maximum absolute atomic E-state index is 5.99. The molecule has 6 heteroatoms. The Kier molecular flexibility index (Phi) is 3.15. The summed E-state index contributed by atoms with van der Waals surface area (Å²) in [7, 11) is 0. The SMILES string of the molecule is Clc1cc(NCCc2ncc[nH]2)nc(C2CC2)n1. The Morgan fingerprint density at radius 1 is 1.39 bits per heavy atom. The van der Waals surface area contributed by atoms with Crippen LogP contribution < -0.4 is 5.32 Å². The van der Waals surface area contributed by atoms with Gasteiger partial charge in [-0.2, -0.15) is 0 Å². The van der Waals surface area contributed by atoms with Crippen molar-refractivity contribution in [3.63, 3.8) is 0 Å². The molecule has 94 valence electrons. The summed E-state index contributed by atoms with van der Waals surface area (Å²) in [6.07, 6.45) is 6.75. The lowest BCUT2D eigenvalue weighted by Gasteiger charge is -2.06. The molecule has 1 aliphatic rings. The molecule has 5 nitrogen and oxygen atoms in total. The highest BCUT2D eigenvalue weighted by Gasteiger charge is 2.27. The van der Waals surface area contributed by atoms with Gasteiger partial charge in [-0.3, -0.25) is 0 Å². The van der Waals surface area contributed by atoms with Gasteiger partial charge in [0.1, 0.15) is 22.6 Å². The van der Waals surface area contributed by atoms with Gasteiger partial charge >= 0.3 is 0 Å². The summed E-state index contributed by atoms with van der Waals surface area (Å²) in [5, 5.41) is 3.76. The lowest BCUT2D eigenvalue weighted by atomic mass is 10.3. The number of nitrogens with one attached hydrogen (secondary N) is 2. The van der Waals surface area contributed by atoms with Crippen LogP contribution in [0, 0.1) is 0 Å². The number of hydrogen-bond donors (Lipinski definition) is 2. The van der Waals surface area contributed by atoms with Crippen molar-refractivity contribution in [2.24, 2.45) is 0 Å². The highest BCUT2D eigenvalue weighted by atomic mass is 35.5. The van der Waals surface area contributed by atoms with Crippen LogP contribution in [0.2, 0.25) is 5.15 Å². The van der Waals surface area contributed by atoms with Gasteiger partial charge in [0.2, 0.25) is 0 Å². The Hall–Kier alpha value is -1.62. The molecule has 2 aromatic rings. The van der Waals surface area contributed by atoms with Crippen molar-refractivity contribution in [1.29, 1.82) is 0 Å². The molecular formula is C12H14ClN5. The molecule has 0 radical (unpaired) electrons. The van der Waals surface area contributed by atoms with Crippen molar-refractivity contribution in [2.75, 3.05) is 11.9 Å². The van der Waals surface area contributed by atoms with Gasteiger partial charge in [0.25, 0.3) is 0 Å². The lowest BCUT2D eigenvalue weighted by molar-refractivity contribution is 0.895. The van der Waals surface area contributed by atoms with Gasteiger partial charge in [-0.15, -0.1) is 0 Å². The second-order valence-corrected chi connectivity index (χ2v) is 4.81. The molecular weight excluding hydrogens is 250 g/mol. The highest BCUT2D eigenvalue weighted by molar-refractivity contribution is 6.29. The second kappa shape index (κ2) is 4.94. The molecule has 3 rings (SSSR count). The van der Waals surface area contributed by atoms with Gasteiger partial charge < -0.3 is 10.3 Å². The number of imidazole rings is 1. The first-order valence-electron chi connectivity index (χ1n) is 6.08. The van der Waals surface area contributed by atoms with Crippen LogP contribution in [-0.4, -0.2) is 26.5 Å². The molecule has 0 unspecified atom stereocenters. The first kappa shape index (κ1) is 11.5. The van der Waals surface area contributed by atoms with E-state index in [-0.39, 0.29) is 0 Å². The summed E-state index contributed by atoms with van der Waals surface area (Å²) >= 11 is 5.99. The van der Waals surface area contributed by atoms with E-state index < -0.39 is 0 Å². The van der Waals surface area contributed by atoms with E-state index in [1.807, 2.05) is 6.20 Å². The number of H-pyrrole nitrogens is 1. The van der Waals surface area contributed by atoms with Gasteiger partial charge in [-0.05, 0) is 12.8 Å². The maximum atomic E-state index is 5.99. The molecule has 0 bridgehead atoms. The molecule has 18 heavy (non-hydrogen) atoms. The van der Waals surface area contributed by atoms with E-state index in [2.05, 4.69) is 25.3 Å². The minimum Gasteiger partial charge on any atom is -0.369 e. The van der Waals surface area contributed by atoms with Crippen molar-refractivity contribution in [3.8, 4) is 0 Å². The van der Waals surface area contributed by atoms with Gasteiger partial charge in [-0.1, -0.05) is 11.6 Å². The zero-order chi connectivity index (χ0) is 12.4. The van der Waals surface area contributed by atoms with Crippen LogP contribution in [0.25, 0.3) is 0 Å². The van der Waals surface area contributed by atoms with E-state index in [0.717, 1.165) is 30.4 Å². The van der Waals surface area contributed by atoms with Crippen LogP contribution in [-0.2, 0) is 6.42 Å². The summed E-state index contributed by atoms with van der Waals surface area (Å²) < 4.78 is 0. The fourth-order valence-corrected chi connectivity index (χ4v) is 1.98. The minimum atomic E-state index is 0.507. The average molecular weight is 264 g/mol. The second-order valence-electron chi connectivity index (χ2n) is 4.42. The summed E-state index contributed by atoms with van der Waals surface area (Å²) in [5.74, 6) is 3.13. The quantitative estimate of drug-likeness (QED) is 0.813. The molecule has 2 heterocycles. The Labute approximate surface area is 110 Å². The van der Waals surface area contributed by atoms with Crippen LogP contribution in [0.1, 0.15) is 30.4 Å². The van der Waals surface area contributed by atoms with Crippen LogP contribution in [0.5, 0.6) is 0 Å². The van der Waals surface area contributed by atoms with E-state index in [1.165, 1.54) is 12.8 Å². The predicted octanol–water partition coefficient (Wildman–Crippen LogP) is 2.39. The first-order valence-corrected chi connectivity index (χ1v) is 6.45. The van der Waals surface area contributed by atoms with E-state index >= 15 is 0 Å². The third-order valence-corrected chi connectivity index (χ3v) is 3.07. The predicted molar refractivity (Wildman–Crippen MR) is 69.8 cm³/mol. The highest BCUT2D eigenvalue weighted by Crippen LogP contribution is 2.38. The van der Waals surface area contributed by atoms with Crippen molar-refractivity contribution < 1.29 is 0 Å². The molecule has 1 aliphatic carbocycles. The number of aromatic nitrogens is 4. The third kappa shape index (κ3) is 2.79. The topological polar surface area (TPSA) is 66.5 Å². The van der Waals surface area contributed by atoms with Crippen LogP contribution >= 0.6 is 11.6 Å². The zero-order valence-corrected chi connectivity index (χ0v) is 10.6. The number of rotatable bonds is 5. The molecule has 0 aliphatic heterocycles. The fraction of sp³-hybridized carbons (Fsp3) is 0.417. The van der Waals surface area contributed by atoms with Gasteiger partial charge in [-0.25, -0.2) is 15.0 Å². The maximum Gasteiger partial charge on any atom is 0.135 e. The molecule has 2 aromatic heterocycles. The zero-order valence-electron chi connectivity index (χ0n) is 9.86. The Bertz CT molecular complexity index is 521. The van der Waals surface area contributed by atoms with E-state index in [4.69, 9.17) is 11.6 Å². The largest absolute Gasteiger partial charge is 0.369 e. The third-order valence-electron chi connectivity index (χ3n) is 2.88. The number of aromatic amines is 1. The van der Waals surface area contributed by atoms with Gasteiger partial charge in [0.05, 0.1) is 0 Å². The van der Waals surface area contributed by atoms with E-state index in [9.17, 15) is 0 Å². The van der Waals surface area contributed by atoms with Crippen molar-refractivity contribution >= 4 is 17.4 Å². The number of nitrogens with zero attached hydrogens (tertiary/aromatic N) is 3. The molecule has 0 atom stereocenters. The summed E-state index contributed by atoms with van der Waals surface area (Å²) in [4.78, 5) is 16.0. The van der Waals surface area contributed by atoms with Crippen LogP contribution in [0.3, 0.4) is 0 Å². The molecule has 1 fully saturated rings. The molecule has 0 spiro atoms. The molecule has 2 N–H and O–H groups in total. The van der Waals surface area contributed by atoms with Crippen molar-refractivity contribution in [2.45, 2.75) is 25.2 Å². The lowest BCUT2D eigenvalue weighted by Crippen LogP contribution is -2.08. The fourth-order valence-electron chi connectivity index (χ4n) is 1.79. The monoisotopic (exact) mass is 263 g/mol. The first-order chi connectivity index (χ1) is 8.81. The van der Waals surface area contributed by atoms with Crippen molar-refractivity contribution in [1.82, 2.24) is 19.9 Å². The van der Waals surface area contributed by atoms with E-state index in [0.29, 0.717) is 11.1 Å². The normalized spacial score (nSPS) is 14.7. The summed E-state index contributed by atoms with van der Waals surface area (Å²) in [6, 6.07) is 1.76.